The molecule has 0 spiro atoms. The largest absolute Gasteiger partial charge is 0.494 e. The zero-order chi connectivity index (χ0) is 20.4. The number of non-ortho nitro benzene ring substituents is 1. The summed E-state index contributed by atoms with van der Waals surface area (Å²) in [6, 6.07) is 13.0. The Labute approximate surface area is 163 Å². The molecule has 0 fully saturated rings. The SMILES string of the molecule is COc1cc([N+](=O)[O-])ccc1NC(=O)CCCCCNC(=O)c1ccccc1. The van der Waals surface area contributed by atoms with Gasteiger partial charge in [-0.1, -0.05) is 24.6 Å². The van der Waals surface area contributed by atoms with Gasteiger partial charge in [0, 0.05) is 24.6 Å². The predicted molar refractivity (Wildman–Crippen MR) is 106 cm³/mol. The van der Waals surface area contributed by atoms with Gasteiger partial charge in [-0.05, 0) is 31.0 Å². The number of rotatable bonds is 10. The van der Waals surface area contributed by atoms with E-state index in [1.807, 2.05) is 18.2 Å². The molecule has 8 nitrogen and oxygen atoms in total. The number of nitrogens with one attached hydrogen (secondary N) is 2. The van der Waals surface area contributed by atoms with Gasteiger partial charge >= 0.3 is 0 Å². The van der Waals surface area contributed by atoms with Crippen LogP contribution in [0.5, 0.6) is 5.75 Å². The lowest BCUT2D eigenvalue weighted by Gasteiger charge is -2.10. The third-order valence-corrected chi connectivity index (χ3v) is 4.07. The van der Waals surface area contributed by atoms with Gasteiger partial charge in [0.25, 0.3) is 11.6 Å². The molecule has 0 saturated carbocycles. The lowest BCUT2D eigenvalue weighted by molar-refractivity contribution is -0.384. The van der Waals surface area contributed by atoms with Crippen LogP contribution in [0.3, 0.4) is 0 Å². The van der Waals surface area contributed by atoms with Crippen molar-refractivity contribution in [2.45, 2.75) is 25.7 Å². The molecule has 0 aromatic heterocycles. The maximum atomic E-state index is 12.1. The van der Waals surface area contributed by atoms with Crippen molar-refractivity contribution in [2.75, 3.05) is 19.0 Å². The van der Waals surface area contributed by atoms with E-state index in [1.54, 1.807) is 12.1 Å². The highest BCUT2D eigenvalue weighted by Crippen LogP contribution is 2.29. The van der Waals surface area contributed by atoms with E-state index in [2.05, 4.69) is 10.6 Å². The van der Waals surface area contributed by atoms with Crippen LogP contribution in [0.1, 0.15) is 36.0 Å². The van der Waals surface area contributed by atoms with E-state index in [4.69, 9.17) is 4.74 Å². The second-order valence-corrected chi connectivity index (χ2v) is 6.12. The van der Waals surface area contributed by atoms with Crippen molar-refractivity contribution in [1.29, 1.82) is 0 Å². The first kappa shape index (κ1) is 20.9. The number of carbonyl (C=O) groups is 2. The van der Waals surface area contributed by atoms with E-state index in [0.717, 1.165) is 12.8 Å². The molecule has 2 N–H and O–H groups in total. The number of anilines is 1. The molecule has 148 valence electrons. The number of nitro groups is 1. The topological polar surface area (TPSA) is 111 Å². The monoisotopic (exact) mass is 385 g/mol. The van der Waals surface area contributed by atoms with Gasteiger partial charge in [0.1, 0.15) is 5.75 Å². The molecule has 2 aromatic rings. The summed E-state index contributed by atoms with van der Waals surface area (Å²) in [5.74, 6) is -0.0599. The number of amides is 2. The van der Waals surface area contributed by atoms with Gasteiger partial charge in [-0.15, -0.1) is 0 Å². The van der Waals surface area contributed by atoms with Gasteiger partial charge in [-0.3, -0.25) is 19.7 Å². The number of hydrogen-bond donors (Lipinski definition) is 2. The molecule has 0 aliphatic carbocycles. The maximum absolute atomic E-state index is 12.1. The summed E-state index contributed by atoms with van der Waals surface area (Å²) in [5, 5.41) is 16.3. The van der Waals surface area contributed by atoms with Gasteiger partial charge < -0.3 is 15.4 Å². The van der Waals surface area contributed by atoms with Crippen LogP contribution < -0.4 is 15.4 Å². The molecule has 0 aliphatic rings. The van der Waals surface area contributed by atoms with Gasteiger partial charge in [0.15, 0.2) is 0 Å². The quantitative estimate of drug-likeness (QED) is 0.369. The fraction of sp³-hybridized carbons (Fsp3) is 0.300. The Morgan fingerprint density at radius 2 is 1.82 bits per heavy atom. The van der Waals surface area contributed by atoms with Crippen molar-refractivity contribution >= 4 is 23.2 Å². The minimum absolute atomic E-state index is 0.104. The van der Waals surface area contributed by atoms with E-state index >= 15 is 0 Å². The molecule has 0 unspecified atom stereocenters. The number of ether oxygens (including phenoxy) is 1. The number of nitro benzene ring substituents is 1. The van der Waals surface area contributed by atoms with Crippen molar-refractivity contribution in [1.82, 2.24) is 5.32 Å². The number of benzene rings is 2. The Morgan fingerprint density at radius 1 is 1.07 bits per heavy atom. The third kappa shape index (κ3) is 6.39. The predicted octanol–water partition coefficient (Wildman–Crippen LogP) is 3.53. The van der Waals surface area contributed by atoms with E-state index in [9.17, 15) is 19.7 Å². The first-order chi connectivity index (χ1) is 13.5. The van der Waals surface area contributed by atoms with Crippen molar-refractivity contribution < 1.29 is 19.2 Å². The molecule has 8 heteroatoms. The van der Waals surface area contributed by atoms with Gasteiger partial charge in [-0.2, -0.15) is 0 Å². The van der Waals surface area contributed by atoms with Crippen LogP contribution in [-0.4, -0.2) is 30.4 Å². The number of carbonyl (C=O) groups excluding carboxylic acids is 2. The molecule has 0 radical (unpaired) electrons. The molecule has 2 aromatic carbocycles. The average Bonchev–Trinajstić information content (AvgIpc) is 2.71. The highest BCUT2D eigenvalue weighted by Gasteiger charge is 2.13. The lowest BCUT2D eigenvalue weighted by atomic mass is 10.1. The lowest BCUT2D eigenvalue weighted by Crippen LogP contribution is -2.24. The third-order valence-electron chi connectivity index (χ3n) is 4.07. The summed E-state index contributed by atoms with van der Waals surface area (Å²) in [5.41, 5.74) is 0.916. The first-order valence-corrected chi connectivity index (χ1v) is 8.97. The maximum Gasteiger partial charge on any atom is 0.273 e. The van der Waals surface area contributed by atoms with Crippen molar-refractivity contribution in [3.8, 4) is 5.75 Å². The van der Waals surface area contributed by atoms with Gasteiger partial charge in [0.2, 0.25) is 5.91 Å². The Morgan fingerprint density at radius 3 is 2.50 bits per heavy atom. The van der Waals surface area contributed by atoms with Crippen LogP contribution in [-0.2, 0) is 4.79 Å². The zero-order valence-corrected chi connectivity index (χ0v) is 15.6. The normalized spacial score (nSPS) is 10.2. The van der Waals surface area contributed by atoms with Crippen LogP contribution in [0.25, 0.3) is 0 Å². The molecular weight excluding hydrogens is 362 g/mol. The van der Waals surface area contributed by atoms with Crippen LogP contribution in [0, 0.1) is 10.1 Å². The fourth-order valence-electron chi connectivity index (χ4n) is 2.59. The molecule has 28 heavy (non-hydrogen) atoms. The second-order valence-electron chi connectivity index (χ2n) is 6.12. The summed E-state index contributed by atoms with van der Waals surface area (Å²) < 4.78 is 5.09. The first-order valence-electron chi connectivity index (χ1n) is 8.97. The number of hydrogen-bond acceptors (Lipinski definition) is 5. The summed E-state index contributed by atoms with van der Waals surface area (Å²) in [4.78, 5) is 34.2. The van der Waals surface area contributed by atoms with E-state index in [1.165, 1.54) is 25.3 Å². The standard InChI is InChI=1S/C20H23N3O5/c1-28-18-14-16(23(26)27)11-12-17(18)22-19(24)10-6-3-7-13-21-20(25)15-8-4-2-5-9-15/h2,4-5,8-9,11-12,14H,3,6-7,10,13H2,1H3,(H,21,25)(H,22,24). The number of methoxy groups -OCH3 is 1. The summed E-state index contributed by atoms with van der Waals surface area (Å²) in [7, 11) is 1.39. The molecule has 2 rings (SSSR count). The summed E-state index contributed by atoms with van der Waals surface area (Å²) in [6.45, 7) is 0.547. The molecule has 0 atom stereocenters. The average molecular weight is 385 g/mol. The Bertz CT molecular complexity index is 824. The minimum Gasteiger partial charge on any atom is -0.494 e. The number of unbranched alkanes of at least 4 members (excludes halogenated alkanes) is 2. The van der Waals surface area contributed by atoms with Crippen LogP contribution in [0.2, 0.25) is 0 Å². The van der Waals surface area contributed by atoms with Gasteiger partial charge in [0.05, 0.1) is 23.8 Å². The highest BCUT2D eigenvalue weighted by molar-refractivity contribution is 5.94. The van der Waals surface area contributed by atoms with Crippen LogP contribution >= 0.6 is 0 Å². The van der Waals surface area contributed by atoms with Crippen LogP contribution in [0.15, 0.2) is 48.5 Å². The molecule has 2 amide bonds. The molecule has 0 saturated heterocycles. The Balaban J connectivity index is 1.68. The highest BCUT2D eigenvalue weighted by atomic mass is 16.6. The molecular formula is C20H23N3O5. The Hall–Kier alpha value is -3.42. The molecule has 0 heterocycles. The second kappa shape index (κ2) is 10.7. The fourth-order valence-corrected chi connectivity index (χ4v) is 2.59. The summed E-state index contributed by atoms with van der Waals surface area (Å²) in [6.07, 6.45) is 2.54. The molecule has 0 aliphatic heterocycles. The minimum atomic E-state index is -0.523. The van der Waals surface area contributed by atoms with Crippen LogP contribution in [0.4, 0.5) is 11.4 Å². The van der Waals surface area contributed by atoms with E-state index < -0.39 is 4.92 Å². The summed E-state index contributed by atoms with van der Waals surface area (Å²) >= 11 is 0. The van der Waals surface area contributed by atoms with Crippen molar-refractivity contribution in [3.05, 3.63) is 64.2 Å². The molecule has 0 bridgehead atoms. The van der Waals surface area contributed by atoms with Gasteiger partial charge in [-0.25, -0.2) is 0 Å². The zero-order valence-electron chi connectivity index (χ0n) is 15.6. The van der Waals surface area contributed by atoms with E-state index in [-0.39, 0.29) is 23.3 Å². The smallest absolute Gasteiger partial charge is 0.273 e. The Kier molecular flexibility index (Phi) is 7.95. The number of nitrogens with zero attached hydrogens (tertiary/aromatic N) is 1. The van der Waals surface area contributed by atoms with E-state index in [0.29, 0.717) is 30.6 Å². The van der Waals surface area contributed by atoms with Crippen molar-refractivity contribution in [3.63, 3.8) is 0 Å². The van der Waals surface area contributed by atoms with Crippen molar-refractivity contribution in [2.24, 2.45) is 0 Å².